The molecule has 1 amide bonds. The molecule has 0 saturated heterocycles. The minimum absolute atomic E-state index is 0.0490. The molecule has 7 heteroatoms. The van der Waals surface area contributed by atoms with Gasteiger partial charge in [0.15, 0.2) is 6.04 Å². The molecule has 3 rings (SSSR count). The summed E-state index contributed by atoms with van der Waals surface area (Å²) in [6.07, 6.45) is 0.816. The minimum Gasteiger partial charge on any atom is -0.389 e. The number of hydrogen-bond donors (Lipinski definition) is 2. The Balaban J connectivity index is 1.71. The molecule has 1 aliphatic heterocycles. The second kappa shape index (κ2) is 8.41. The quantitative estimate of drug-likeness (QED) is 0.798. The molecular weight excluding hydrogens is 369 g/mol. The van der Waals surface area contributed by atoms with E-state index in [0.717, 1.165) is 29.7 Å². The van der Waals surface area contributed by atoms with Crippen molar-refractivity contribution in [3.05, 3.63) is 34.9 Å². The van der Waals surface area contributed by atoms with Crippen molar-refractivity contribution >= 4 is 5.91 Å². The smallest absolute Gasteiger partial charge is 0.389 e. The molecule has 0 bridgehead atoms. The minimum atomic E-state index is -4.53. The van der Waals surface area contributed by atoms with E-state index in [0.29, 0.717) is 31.2 Å². The largest absolute Gasteiger partial charge is 0.413 e. The number of aryl methyl sites for hydroxylation is 1. The predicted octanol–water partition coefficient (Wildman–Crippen LogP) is 3.52. The third-order valence-electron chi connectivity index (χ3n) is 5.99. The van der Waals surface area contributed by atoms with Crippen LogP contribution in [-0.4, -0.2) is 47.3 Å². The highest BCUT2D eigenvalue weighted by molar-refractivity contribution is 5.79. The summed E-state index contributed by atoms with van der Waals surface area (Å²) in [6, 6.07) is 3.29. The Hall–Kier alpha value is -1.60. The molecule has 2 aliphatic rings. The third kappa shape index (κ3) is 4.69. The summed E-state index contributed by atoms with van der Waals surface area (Å²) in [5.41, 5.74) is 0.831. The molecule has 156 valence electrons. The van der Waals surface area contributed by atoms with Crippen molar-refractivity contribution in [1.29, 1.82) is 0 Å². The second-order valence-corrected chi connectivity index (χ2v) is 8.06. The van der Waals surface area contributed by atoms with E-state index in [1.54, 1.807) is 12.1 Å². The van der Waals surface area contributed by atoms with E-state index in [2.05, 4.69) is 5.32 Å². The van der Waals surface area contributed by atoms with E-state index in [1.165, 1.54) is 0 Å². The maximum atomic E-state index is 13.9. The first-order valence-electron chi connectivity index (χ1n) is 10.1. The van der Waals surface area contributed by atoms with Gasteiger partial charge in [-0.15, -0.1) is 0 Å². The Kier molecular flexibility index (Phi) is 6.34. The Morgan fingerprint density at radius 1 is 1.29 bits per heavy atom. The number of alkyl halides is 3. The lowest BCUT2D eigenvalue weighted by Gasteiger charge is -2.39. The molecule has 2 N–H and O–H groups in total. The van der Waals surface area contributed by atoms with Gasteiger partial charge in [0.1, 0.15) is 0 Å². The molecule has 1 aliphatic carbocycles. The Morgan fingerprint density at radius 2 is 2.00 bits per heavy atom. The van der Waals surface area contributed by atoms with Crippen LogP contribution in [0, 0.1) is 0 Å². The van der Waals surface area contributed by atoms with Gasteiger partial charge in [0.25, 0.3) is 0 Å². The van der Waals surface area contributed by atoms with Crippen molar-refractivity contribution in [1.82, 2.24) is 10.2 Å². The lowest BCUT2D eigenvalue weighted by atomic mass is 9.85. The molecule has 1 aromatic carbocycles. The van der Waals surface area contributed by atoms with Crippen molar-refractivity contribution < 1.29 is 23.1 Å². The molecule has 1 saturated carbocycles. The molecule has 1 aromatic rings. The van der Waals surface area contributed by atoms with E-state index in [-0.39, 0.29) is 25.2 Å². The molecule has 28 heavy (non-hydrogen) atoms. The topological polar surface area (TPSA) is 52.6 Å². The molecule has 0 radical (unpaired) electrons. The standard InChI is InChI=1S/C21H29F3N2O2/c1-2-15-6-7-16-8-11-26(19(17(16)12-15)21(22,23)24)18(27)13-25-14-20(28)9-4-3-5-10-20/h6-7,12,19,25,28H,2-5,8-11,13-14H2,1H3. The number of benzene rings is 1. The number of rotatable bonds is 5. The first-order chi connectivity index (χ1) is 13.2. The highest BCUT2D eigenvalue weighted by Gasteiger charge is 2.48. The monoisotopic (exact) mass is 398 g/mol. The van der Waals surface area contributed by atoms with Crippen LogP contribution in [0.15, 0.2) is 18.2 Å². The van der Waals surface area contributed by atoms with Crippen molar-refractivity contribution in [2.45, 2.75) is 69.7 Å². The first-order valence-corrected chi connectivity index (χ1v) is 10.1. The number of nitrogens with one attached hydrogen (secondary N) is 1. The number of halogens is 3. The highest BCUT2D eigenvalue weighted by Crippen LogP contribution is 2.42. The van der Waals surface area contributed by atoms with Gasteiger partial charge in [-0.1, -0.05) is 44.4 Å². The highest BCUT2D eigenvalue weighted by atomic mass is 19.4. The fourth-order valence-electron chi connectivity index (χ4n) is 4.40. The van der Waals surface area contributed by atoms with Crippen molar-refractivity contribution in [3.8, 4) is 0 Å². The average Bonchev–Trinajstić information content (AvgIpc) is 2.66. The SMILES string of the molecule is CCc1ccc2c(c1)C(C(F)(F)F)N(C(=O)CNCC1(O)CCCCC1)CC2. The third-order valence-corrected chi connectivity index (χ3v) is 5.99. The van der Waals surface area contributed by atoms with Crippen LogP contribution >= 0.6 is 0 Å². The van der Waals surface area contributed by atoms with Crippen molar-refractivity contribution in [2.24, 2.45) is 0 Å². The number of nitrogens with zero attached hydrogens (tertiary/aromatic N) is 1. The van der Waals surface area contributed by atoms with Gasteiger partial charge in [-0.25, -0.2) is 0 Å². The number of fused-ring (bicyclic) bond motifs is 1. The molecule has 0 aromatic heterocycles. The molecule has 1 heterocycles. The Bertz CT molecular complexity index is 699. The number of hydrogen-bond acceptors (Lipinski definition) is 3. The normalized spacial score (nSPS) is 22.0. The lowest BCUT2D eigenvalue weighted by Crippen LogP contribution is -2.51. The summed E-state index contributed by atoms with van der Waals surface area (Å²) in [7, 11) is 0. The van der Waals surface area contributed by atoms with Crippen molar-refractivity contribution in [2.75, 3.05) is 19.6 Å². The lowest BCUT2D eigenvalue weighted by molar-refractivity contribution is -0.193. The zero-order valence-corrected chi connectivity index (χ0v) is 16.3. The molecule has 0 spiro atoms. The van der Waals surface area contributed by atoms with Crippen LogP contribution in [0.4, 0.5) is 13.2 Å². The zero-order valence-electron chi connectivity index (χ0n) is 16.3. The van der Waals surface area contributed by atoms with Crippen LogP contribution < -0.4 is 5.32 Å². The Morgan fingerprint density at radius 3 is 2.64 bits per heavy atom. The first kappa shape index (κ1) is 21.1. The van der Waals surface area contributed by atoms with Gasteiger partial charge in [0.2, 0.25) is 5.91 Å². The fraction of sp³-hybridized carbons (Fsp3) is 0.667. The van der Waals surface area contributed by atoms with Crippen LogP contribution in [0.25, 0.3) is 0 Å². The maximum Gasteiger partial charge on any atom is 0.413 e. The van der Waals surface area contributed by atoms with Gasteiger partial charge in [0, 0.05) is 13.1 Å². The van der Waals surface area contributed by atoms with Gasteiger partial charge in [0.05, 0.1) is 12.1 Å². The van der Waals surface area contributed by atoms with Crippen LogP contribution in [0.1, 0.15) is 61.8 Å². The van der Waals surface area contributed by atoms with E-state index in [1.807, 2.05) is 13.0 Å². The van der Waals surface area contributed by atoms with Gasteiger partial charge < -0.3 is 15.3 Å². The van der Waals surface area contributed by atoms with E-state index in [9.17, 15) is 23.1 Å². The summed E-state index contributed by atoms with van der Waals surface area (Å²) in [5, 5.41) is 13.4. The molecule has 4 nitrogen and oxygen atoms in total. The number of carbonyl (C=O) groups excluding carboxylic acids is 1. The molecule has 1 unspecified atom stereocenters. The van der Waals surface area contributed by atoms with Crippen LogP contribution in [0.3, 0.4) is 0 Å². The van der Waals surface area contributed by atoms with Gasteiger partial charge >= 0.3 is 6.18 Å². The van der Waals surface area contributed by atoms with E-state index < -0.39 is 23.7 Å². The summed E-state index contributed by atoms with van der Waals surface area (Å²) in [4.78, 5) is 13.6. The molecule has 1 atom stereocenters. The average molecular weight is 398 g/mol. The fourth-order valence-corrected chi connectivity index (χ4v) is 4.40. The second-order valence-electron chi connectivity index (χ2n) is 8.06. The van der Waals surface area contributed by atoms with Gasteiger partial charge in [-0.05, 0) is 42.4 Å². The van der Waals surface area contributed by atoms with Gasteiger partial charge in [-0.3, -0.25) is 4.79 Å². The van der Waals surface area contributed by atoms with Gasteiger partial charge in [-0.2, -0.15) is 13.2 Å². The van der Waals surface area contributed by atoms with Crippen LogP contribution in [0.2, 0.25) is 0 Å². The zero-order chi connectivity index (χ0) is 20.4. The van der Waals surface area contributed by atoms with E-state index >= 15 is 0 Å². The summed E-state index contributed by atoms with van der Waals surface area (Å²) < 4.78 is 41.7. The number of amides is 1. The Labute approximate surface area is 164 Å². The molecule has 1 fully saturated rings. The summed E-state index contributed by atoms with van der Waals surface area (Å²) in [5.74, 6) is -0.575. The number of carbonyl (C=O) groups is 1. The van der Waals surface area contributed by atoms with Crippen molar-refractivity contribution in [3.63, 3.8) is 0 Å². The number of aliphatic hydroxyl groups is 1. The van der Waals surface area contributed by atoms with Crippen LogP contribution in [-0.2, 0) is 17.6 Å². The maximum absolute atomic E-state index is 13.9. The molecular formula is C21H29F3N2O2. The van der Waals surface area contributed by atoms with Crippen LogP contribution in [0.5, 0.6) is 0 Å². The predicted molar refractivity (Wildman–Crippen MR) is 101 cm³/mol. The van der Waals surface area contributed by atoms with E-state index in [4.69, 9.17) is 0 Å². The summed E-state index contributed by atoms with van der Waals surface area (Å²) in [6.45, 7) is 1.99. The summed E-state index contributed by atoms with van der Waals surface area (Å²) >= 11 is 0.